The number of benzene rings is 1. The summed E-state index contributed by atoms with van der Waals surface area (Å²) in [5.41, 5.74) is 0.900. The molecule has 0 aromatic heterocycles. The molecular weight excluding hydrogens is 353 g/mol. The van der Waals surface area contributed by atoms with Gasteiger partial charge in [0.2, 0.25) is 5.91 Å². The summed E-state index contributed by atoms with van der Waals surface area (Å²) in [6.45, 7) is 2.46. The van der Waals surface area contributed by atoms with Crippen molar-refractivity contribution in [1.29, 1.82) is 0 Å². The van der Waals surface area contributed by atoms with Gasteiger partial charge in [-0.2, -0.15) is 0 Å². The van der Waals surface area contributed by atoms with Gasteiger partial charge in [0.15, 0.2) is 0 Å². The molecule has 1 aromatic rings. The number of hydrogen-bond donors (Lipinski definition) is 2. The van der Waals surface area contributed by atoms with Gasteiger partial charge < -0.3 is 10.6 Å². The Morgan fingerprint density at radius 1 is 1.47 bits per heavy atom. The van der Waals surface area contributed by atoms with E-state index >= 15 is 0 Å². The summed E-state index contributed by atoms with van der Waals surface area (Å²) in [4.78, 5) is 14.4. The first-order valence-corrected chi connectivity index (χ1v) is 7.71. The second kappa shape index (κ2) is 7.21. The maximum Gasteiger partial charge on any atom is 0.238 e. The minimum atomic E-state index is 0.0760. The van der Waals surface area contributed by atoms with Crippen molar-refractivity contribution in [2.45, 2.75) is 18.9 Å². The fourth-order valence-electron chi connectivity index (χ4n) is 2.51. The Morgan fingerprint density at radius 2 is 2.26 bits per heavy atom. The molecule has 1 unspecified atom stereocenters. The summed E-state index contributed by atoms with van der Waals surface area (Å²) < 4.78 is 1.07. The Kier molecular flexibility index (Phi) is 5.59. The average molecular weight is 373 g/mol. The third-order valence-corrected chi connectivity index (χ3v) is 4.37. The second-order valence-electron chi connectivity index (χ2n) is 4.85. The SMILES string of the molecule is CNCC1CCCN1CC(=O)Nc1ccccc1I. The molecule has 1 saturated heterocycles. The van der Waals surface area contributed by atoms with Crippen molar-refractivity contribution in [3.8, 4) is 0 Å². The topological polar surface area (TPSA) is 44.4 Å². The maximum absolute atomic E-state index is 12.1. The molecule has 0 saturated carbocycles. The number of carbonyl (C=O) groups excluding carboxylic acids is 1. The average Bonchev–Trinajstić information content (AvgIpc) is 2.80. The number of likely N-dealkylation sites (N-methyl/N-ethyl adjacent to an activating group) is 1. The molecule has 19 heavy (non-hydrogen) atoms. The van der Waals surface area contributed by atoms with Gasteiger partial charge in [0.05, 0.1) is 12.2 Å². The normalized spacial score (nSPS) is 19.6. The van der Waals surface area contributed by atoms with Crippen LogP contribution in [0.25, 0.3) is 0 Å². The number of nitrogens with one attached hydrogen (secondary N) is 2. The van der Waals surface area contributed by atoms with Crippen LogP contribution >= 0.6 is 22.6 Å². The number of halogens is 1. The van der Waals surface area contributed by atoms with E-state index < -0.39 is 0 Å². The van der Waals surface area contributed by atoms with E-state index in [-0.39, 0.29) is 5.91 Å². The zero-order valence-corrected chi connectivity index (χ0v) is 13.3. The van der Waals surface area contributed by atoms with E-state index in [4.69, 9.17) is 0 Å². The third kappa shape index (κ3) is 4.15. The number of rotatable bonds is 5. The van der Waals surface area contributed by atoms with Crippen LogP contribution < -0.4 is 10.6 Å². The lowest BCUT2D eigenvalue weighted by molar-refractivity contribution is -0.117. The second-order valence-corrected chi connectivity index (χ2v) is 6.01. The van der Waals surface area contributed by atoms with Crippen molar-refractivity contribution in [3.05, 3.63) is 27.8 Å². The number of hydrogen-bond acceptors (Lipinski definition) is 3. The van der Waals surface area contributed by atoms with E-state index in [1.807, 2.05) is 31.3 Å². The molecule has 1 amide bonds. The number of likely N-dealkylation sites (tertiary alicyclic amines) is 1. The van der Waals surface area contributed by atoms with Gasteiger partial charge in [-0.15, -0.1) is 0 Å². The largest absolute Gasteiger partial charge is 0.324 e. The van der Waals surface area contributed by atoms with Crippen LogP contribution in [-0.4, -0.2) is 43.5 Å². The highest BCUT2D eigenvalue weighted by atomic mass is 127. The summed E-state index contributed by atoms with van der Waals surface area (Å²) in [6.07, 6.45) is 2.36. The van der Waals surface area contributed by atoms with Crippen molar-refractivity contribution in [2.75, 3.05) is 32.0 Å². The van der Waals surface area contributed by atoms with Gasteiger partial charge in [-0.1, -0.05) is 12.1 Å². The molecule has 0 aliphatic carbocycles. The van der Waals surface area contributed by atoms with Gasteiger partial charge in [-0.3, -0.25) is 9.69 Å². The smallest absolute Gasteiger partial charge is 0.238 e. The molecule has 1 aliphatic heterocycles. The van der Waals surface area contributed by atoms with E-state index in [0.29, 0.717) is 12.6 Å². The van der Waals surface area contributed by atoms with E-state index in [9.17, 15) is 4.79 Å². The molecule has 1 aliphatic rings. The highest BCUT2D eigenvalue weighted by molar-refractivity contribution is 14.1. The number of carbonyl (C=O) groups is 1. The van der Waals surface area contributed by atoms with Gasteiger partial charge in [-0.05, 0) is 61.2 Å². The van der Waals surface area contributed by atoms with Crippen molar-refractivity contribution in [1.82, 2.24) is 10.2 Å². The first-order chi connectivity index (χ1) is 9.20. The standard InChI is InChI=1S/C14H20IN3O/c1-16-9-11-5-4-8-18(11)10-14(19)17-13-7-3-2-6-12(13)15/h2-3,6-7,11,16H,4-5,8-10H2,1H3,(H,17,19). The lowest BCUT2D eigenvalue weighted by Gasteiger charge is -2.23. The highest BCUT2D eigenvalue weighted by Gasteiger charge is 2.25. The third-order valence-electron chi connectivity index (χ3n) is 3.43. The monoisotopic (exact) mass is 373 g/mol. The molecule has 1 fully saturated rings. The molecule has 4 nitrogen and oxygen atoms in total. The molecule has 0 spiro atoms. The zero-order chi connectivity index (χ0) is 13.7. The summed E-state index contributed by atoms with van der Waals surface area (Å²) in [6, 6.07) is 8.34. The lowest BCUT2D eigenvalue weighted by atomic mass is 10.2. The summed E-state index contributed by atoms with van der Waals surface area (Å²) in [5, 5.41) is 6.19. The molecule has 1 heterocycles. The Hall–Kier alpha value is -0.660. The first-order valence-electron chi connectivity index (χ1n) is 6.63. The lowest BCUT2D eigenvalue weighted by Crippen LogP contribution is -2.41. The van der Waals surface area contributed by atoms with Crippen LogP contribution in [0.3, 0.4) is 0 Å². The quantitative estimate of drug-likeness (QED) is 0.776. The summed E-state index contributed by atoms with van der Waals surface area (Å²) in [5.74, 6) is 0.0760. The van der Waals surface area contributed by atoms with Crippen molar-refractivity contribution in [3.63, 3.8) is 0 Å². The fraction of sp³-hybridized carbons (Fsp3) is 0.500. The molecule has 2 N–H and O–H groups in total. The number of nitrogens with zero attached hydrogens (tertiary/aromatic N) is 1. The molecule has 104 valence electrons. The Morgan fingerprint density at radius 3 is 3.00 bits per heavy atom. The molecule has 0 bridgehead atoms. The molecule has 2 rings (SSSR count). The summed E-state index contributed by atoms with van der Waals surface area (Å²) >= 11 is 2.24. The van der Waals surface area contributed by atoms with Crippen LogP contribution in [-0.2, 0) is 4.79 Å². The van der Waals surface area contributed by atoms with E-state index in [0.717, 1.165) is 22.3 Å². The Balaban J connectivity index is 1.89. The molecule has 1 atom stereocenters. The molecule has 5 heteroatoms. The summed E-state index contributed by atoms with van der Waals surface area (Å²) in [7, 11) is 1.96. The van der Waals surface area contributed by atoms with E-state index in [1.165, 1.54) is 12.8 Å². The van der Waals surface area contributed by atoms with Crippen molar-refractivity contribution >= 4 is 34.2 Å². The maximum atomic E-state index is 12.1. The molecule has 0 radical (unpaired) electrons. The number of anilines is 1. The predicted octanol–water partition coefficient (Wildman–Crippen LogP) is 1.91. The Bertz CT molecular complexity index is 438. The Labute approximate surface area is 128 Å². The van der Waals surface area contributed by atoms with Gasteiger partial charge in [0, 0.05) is 16.2 Å². The van der Waals surface area contributed by atoms with Gasteiger partial charge in [0.1, 0.15) is 0 Å². The minimum Gasteiger partial charge on any atom is -0.324 e. The molecular formula is C14H20IN3O. The van der Waals surface area contributed by atoms with Crippen LogP contribution in [0.15, 0.2) is 24.3 Å². The van der Waals surface area contributed by atoms with Gasteiger partial charge in [-0.25, -0.2) is 0 Å². The predicted molar refractivity (Wildman–Crippen MR) is 86.3 cm³/mol. The van der Waals surface area contributed by atoms with E-state index in [2.05, 4.69) is 38.1 Å². The van der Waals surface area contributed by atoms with Crippen molar-refractivity contribution in [2.24, 2.45) is 0 Å². The van der Waals surface area contributed by atoms with Crippen LogP contribution in [0.4, 0.5) is 5.69 Å². The van der Waals surface area contributed by atoms with Gasteiger partial charge >= 0.3 is 0 Å². The van der Waals surface area contributed by atoms with Crippen molar-refractivity contribution < 1.29 is 4.79 Å². The fourth-order valence-corrected chi connectivity index (χ4v) is 3.03. The van der Waals surface area contributed by atoms with Gasteiger partial charge in [0.25, 0.3) is 0 Å². The minimum absolute atomic E-state index is 0.0760. The van der Waals surface area contributed by atoms with Crippen LogP contribution in [0.5, 0.6) is 0 Å². The zero-order valence-electron chi connectivity index (χ0n) is 11.2. The van der Waals surface area contributed by atoms with Crippen LogP contribution in [0.1, 0.15) is 12.8 Å². The van der Waals surface area contributed by atoms with Crippen LogP contribution in [0.2, 0.25) is 0 Å². The van der Waals surface area contributed by atoms with E-state index in [1.54, 1.807) is 0 Å². The highest BCUT2D eigenvalue weighted by Crippen LogP contribution is 2.19. The number of para-hydroxylation sites is 1. The molecule has 1 aromatic carbocycles. The first kappa shape index (κ1) is 14.7. The van der Waals surface area contributed by atoms with Crippen LogP contribution in [0, 0.1) is 3.57 Å². The number of amides is 1.